The maximum atomic E-state index is 10.0. The van der Waals surface area contributed by atoms with Gasteiger partial charge in [-0.1, -0.05) is 65.1 Å². The molecule has 0 saturated carbocycles. The van der Waals surface area contributed by atoms with Gasteiger partial charge in [0, 0.05) is 12.7 Å². The van der Waals surface area contributed by atoms with Crippen LogP contribution in [0, 0.1) is 0 Å². The van der Waals surface area contributed by atoms with Crippen LogP contribution in [-0.4, -0.2) is 22.8 Å². The van der Waals surface area contributed by atoms with Crippen LogP contribution in [0.1, 0.15) is 10.4 Å². The number of benzene rings is 1. The number of carbonyl (C=O) groups excluding carboxylic acids is 1. The van der Waals surface area contributed by atoms with Crippen LogP contribution in [0.3, 0.4) is 0 Å². The second-order valence-corrected chi connectivity index (χ2v) is 3.76. The summed E-state index contributed by atoms with van der Waals surface area (Å²) < 4.78 is -0.750. The number of hydrogen-bond acceptors (Lipinski definition) is 2. The van der Waals surface area contributed by atoms with Crippen molar-refractivity contribution in [1.29, 1.82) is 0 Å². The Morgan fingerprint density at radius 3 is 1.71 bits per heavy atom. The summed E-state index contributed by atoms with van der Waals surface area (Å²) in [5.74, 6) is 0. The van der Waals surface area contributed by atoms with Crippen LogP contribution in [0.15, 0.2) is 30.3 Å². The van der Waals surface area contributed by atoms with Gasteiger partial charge in [-0.05, 0) is 0 Å². The second kappa shape index (κ2) is 12.7. The standard InChI is InChI=1S/C7H6O.CHCl3.CH4O/c8-6-7-4-2-1-3-5-7;2-1(3)4;1-2/h1-6H;1H;2H,1H3. The van der Waals surface area contributed by atoms with Crippen molar-refractivity contribution in [2.75, 3.05) is 7.11 Å². The van der Waals surface area contributed by atoms with Gasteiger partial charge in [-0.25, -0.2) is 0 Å². The maximum absolute atomic E-state index is 10.0. The van der Waals surface area contributed by atoms with Crippen LogP contribution < -0.4 is 0 Å². The zero-order valence-electron chi connectivity index (χ0n) is 7.53. The lowest BCUT2D eigenvalue weighted by Gasteiger charge is -1.81. The van der Waals surface area contributed by atoms with Crippen LogP contribution >= 0.6 is 34.8 Å². The molecular formula is C9H11Cl3O2. The number of halogens is 3. The predicted octanol–water partition coefficient (Wildman–Crippen LogP) is 3.09. The first kappa shape index (κ1) is 16.2. The Morgan fingerprint density at radius 2 is 1.50 bits per heavy atom. The highest BCUT2D eigenvalue weighted by Crippen LogP contribution is 2.03. The third kappa shape index (κ3) is 14.3. The smallest absolute Gasteiger partial charge is 0.180 e. The Bertz CT molecular complexity index is 212. The minimum Gasteiger partial charge on any atom is -0.400 e. The molecule has 0 saturated heterocycles. The second-order valence-electron chi connectivity index (χ2n) is 1.78. The fourth-order valence-electron chi connectivity index (χ4n) is 0.532. The molecule has 0 aliphatic rings. The van der Waals surface area contributed by atoms with Crippen molar-refractivity contribution in [3.8, 4) is 0 Å². The van der Waals surface area contributed by atoms with E-state index in [9.17, 15) is 4.79 Å². The molecule has 0 spiro atoms. The molecule has 1 aromatic rings. The van der Waals surface area contributed by atoms with Gasteiger partial charge < -0.3 is 5.11 Å². The molecule has 0 aromatic heterocycles. The van der Waals surface area contributed by atoms with E-state index >= 15 is 0 Å². The Kier molecular flexibility index (Phi) is 14.7. The maximum Gasteiger partial charge on any atom is 0.180 e. The summed E-state index contributed by atoms with van der Waals surface area (Å²) in [5.41, 5.74) is 0.729. The average molecular weight is 258 g/mol. The van der Waals surface area contributed by atoms with Gasteiger partial charge in [-0.15, -0.1) is 0 Å². The van der Waals surface area contributed by atoms with Crippen LogP contribution in [0.2, 0.25) is 0 Å². The lowest BCUT2D eigenvalue weighted by atomic mass is 10.2. The Labute approximate surface area is 98.4 Å². The topological polar surface area (TPSA) is 37.3 Å². The highest BCUT2D eigenvalue weighted by atomic mass is 35.6. The highest BCUT2D eigenvalue weighted by Gasteiger charge is 1.80. The monoisotopic (exact) mass is 256 g/mol. The first-order valence-corrected chi connectivity index (χ1v) is 4.85. The molecule has 0 heterocycles. The minimum absolute atomic E-state index is 0.729. The van der Waals surface area contributed by atoms with Gasteiger partial charge in [0.1, 0.15) is 6.29 Å². The van der Waals surface area contributed by atoms with E-state index in [1.807, 2.05) is 18.2 Å². The van der Waals surface area contributed by atoms with Gasteiger partial charge in [0.05, 0.1) is 0 Å². The zero-order chi connectivity index (χ0) is 11.4. The SMILES string of the molecule is CO.ClC(Cl)Cl.O=Cc1ccccc1. The molecule has 80 valence electrons. The van der Waals surface area contributed by atoms with Crippen LogP contribution in [0.25, 0.3) is 0 Å². The fraction of sp³-hybridized carbons (Fsp3) is 0.222. The first-order chi connectivity index (χ1) is 6.66. The number of hydrogen-bond donors (Lipinski definition) is 1. The van der Waals surface area contributed by atoms with Crippen molar-refractivity contribution < 1.29 is 9.90 Å². The van der Waals surface area contributed by atoms with Crippen molar-refractivity contribution in [2.45, 2.75) is 4.30 Å². The summed E-state index contributed by atoms with van der Waals surface area (Å²) in [5, 5.41) is 7.00. The molecule has 1 rings (SSSR count). The fourth-order valence-corrected chi connectivity index (χ4v) is 0.532. The van der Waals surface area contributed by atoms with Crippen molar-refractivity contribution in [2.24, 2.45) is 0 Å². The van der Waals surface area contributed by atoms with Gasteiger partial charge in [0.15, 0.2) is 4.30 Å². The molecule has 0 aliphatic heterocycles. The van der Waals surface area contributed by atoms with E-state index < -0.39 is 4.30 Å². The summed E-state index contributed by atoms with van der Waals surface area (Å²) >= 11 is 14.4. The average Bonchev–Trinajstić information content (AvgIpc) is 2.21. The molecular weight excluding hydrogens is 246 g/mol. The number of carbonyl (C=O) groups is 1. The lowest BCUT2D eigenvalue weighted by molar-refractivity contribution is 0.112. The molecule has 0 amide bonds. The molecule has 0 atom stereocenters. The molecule has 1 N–H and O–H groups in total. The van der Waals surface area contributed by atoms with Crippen LogP contribution in [-0.2, 0) is 0 Å². The van der Waals surface area contributed by atoms with Gasteiger partial charge in [0.2, 0.25) is 0 Å². The quantitative estimate of drug-likeness (QED) is 0.620. The normalized spacial score (nSPS) is 7.86. The number of aliphatic hydroxyl groups excluding tert-OH is 1. The number of rotatable bonds is 1. The number of aliphatic hydroxyl groups is 1. The van der Waals surface area contributed by atoms with Crippen molar-refractivity contribution in [1.82, 2.24) is 0 Å². The lowest BCUT2D eigenvalue weighted by Crippen LogP contribution is -1.73. The van der Waals surface area contributed by atoms with Crippen LogP contribution in [0.5, 0.6) is 0 Å². The minimum atomic E-state index is -0.750. The van der Waals surface area contributed by atoms with Gasteiger partial charge in [0.25, 0.3) is 0 Å². The van der Waals surface area contributed by atoms with E-state index in [1.165, 1.54) is 0 Å². The summed E-state index contributed by atoms with van der Waals surface area (Å²) in [7, 11) is 1.00. The largest absolute Gasteiger partial charge is 0.400 e. The summed E-state index contributed by atoms with van der Waals surface area (Å²) in [6.45, 7) is 0. The molecule has 0 fully saturated rings. The van der Waals surface area contributed by atoms with E-state index in [4.69, 9.17) is 39.9 Å². The van der Waals surface area contributed by atoms with Crippen molar-refractivity contribution in [3.63, 3.8) is 0 Å². The summed E-state index contributed by atoms with van der Waals surface area (Å²) in [4.78, 5) is 10.0. The third-order valence-corrected chi connectivity index (χ3v) is 0.936. The number of alkyl halides is 3. The van der Waals surface area contributed by atoms with E-state index in [0.717, 1.165) is 19.0 Å². The number of aldehydes is 1. The summed E-state index contributed by atoms with van der Waals surface area (Å²) in [6, 6.07) is 9.10. The van der Waals surface area contributed by atoms with Gasteiger partial charge >= 0.3 is 0 Å². The Hall–Kier alpha value is -0.280. The Balaban J connectivity index is 0. The molecule has 0 bridgehead atoms. The van der Waals surface area contributed by atoms with Crippen molar-refractivity contribution in [3.05, 3.63) is 35.9 Å². The highest BCUT2D eigenvalue weighted by molar-refractivity contribution is 6.63. The van der Waals surface area contributed by atoms with E-state index in [0.29, 0.717) is 0 Å². The zero-order valence-corrected chi connectivity index (χ0v) is 9.80. The summed E-state index contributed by atoms with van der Waals surface area (Å²) in [6.07, 6.45) is 0.833. The predicted molar refractivity (Wildman–Crippen MR) is 61.3 cm³/mol. The molecule has 5 heteroatoms. The Morgan fingerprint density at radius 1 is 1.14 bits per heavy atom. The first-order valence-electron chi connectivity index (χ1n) is 3.54. The van der Waals surface area contributed by atoms with Gasteiger partial charge in [-0.2, -0.15) is 0 Å². The molecule has 0 radical (unpaired) electrons. The van der Waals surface area contributed by atoms with Gasteiger partial charge in [-0.3, -0.25) is 4.79 Å². The molecule has 0 aliphatic carbocycles. The van der Waals surface area contributed by atoms with E-state index in [-0.39, 0.29) is 0 Å². The molecule has 1 aromatic carbocycles. The van der Waals surface area contributed by atoms with Crippen molar-refractivity contribution >= 4 is 41.1 Å². The van der Waals surface area contributed by atoms with E-state index in [1.54, 1.807) is 12.1 Å². The molecule has 2 nitrogen and oxygen atoms in total. The molecule has 14 heavy (non-hydrogen) atoms. The molecule has 0 unspecified atom stereocenters. The van der Waals surface area contributed by atoms with E-state index in [2.05, 4.69) is 0 Å². The van der Waals surface area contributed by atoms with Crippen LogP contribution in [0.4, 0.5) is 0 Å². The third-order valence-electron chi connectivity index (χ3n) is 0.936.